The second kappa shape index (κ2) is 9.98. The fraction of sp³-hybridized carbons (Fsp3) is 0.667. The SMILES string of the molecule is CC[C@@H]1O[C@@H](C/C=C\C#C[Si](C)(C)C)[C@@H](Cl)C/C=C\C[C@@H]1Br. The van der Waals surface area contributed by atoms with Crippen molar-refractivity contribution in [2.24, 2.45) is 0 Å². The van der Waals surface area contributed by atoms with Gasteiger partial charge in [-0.15, -0.1) is 17.1 Å². The Kier molecular flexibility index (Phi) is 9.09. The van der Waals surface area contributed by atoms with Crippen LogP contribution in [0.4, 0.5) is 0 Å². The lowest BCUT2D eigenvalue weighted by Crippen LogP contribution is -2.33. The molecule has 1 rings (SSSR count). The molecule has 4 atom stereocenters. The van der Waals surface area contributed by atoms with Crippen molar-refractivity contribution in [1.29, 1.82) is 0 Å². The lowest BCUT2D eigenvalue weighted by Gasteiger charge is -2.28. The van der Waals surface area contributed by atoms with Gasteiger partial charge in [0.15, 0.2) is 0 Å². The first-order valence-electron chi connectivity index (χ1n) is 8.09. The number of hydrogen-bond acceptors (Lipinski definition) is 1. The topological polar surface area (TPSA) is 9.23 Å². The van der Waals surface area contributed by atoms with Crippen LogP contribution < -0.4 is 0 Å². The molecule has 0 spiro atoms. The lowest BCUT2D eigenvalue weighted by molar-refractivity contribution is -0.0123. The minimum Gasteiger partial charge on any atom is -0.372 e. The maximum atomic E-state index is 6.53. The van der Waals surface area contributed by atoms with E-state index >= 15 is 0 Å². The summed E-state index contributed by atoms with van der Waals surface area (Å²) in [5.74, 6) is 3.16. The zero-order valence-electron chi connectivity index (χ0n) is 14.1. The van der Waals surface area contributed by atoms with Gasteiger partial charge < -0.3 is 4.74 Å². The van der Waals surface area contributed by atoms with Crippen LogP contribution in [0.5, 0.6) is 0 Å². The molecule has 1 nitrogen and oxygen atoms in total. The van der Waals surface area contributed by atoms with Gasteiger partial charge in [-0.3, -0.25) is 0 Å². The predicted octanol–water partition coefficient (Wildman–Crippen LogP) is 5.70. The van der Waals surface area contributed by atoms with Gasteiger partial charge >= 0.3 is 0 Å². The Morgan fingerprint density at radius 2 is 1.95 bits per heavy atom. The number of alkyl halides is 2. The summed E-state index contributed by atoms with van der Waals surface area (Å²) in [5.41, 5.74) is 3.34. The summed E-state index contributed by atoms with van der Waals surface area (Å²) in [7, 11) is -1.29. The Labute approximate surface area is 150 Å². The molecule has 22 heavy (non-hydrogen) atoms. The fourth-order valence-electron chi connectivity index (χ4n) is 2.23. The maximum absolute atomic E-state index is 6.53. The molecule has 0 fully saturated rings. The van der Waals surface area contributed by atoms with Gasteiger partial charge in [-0.1, -0.05) is 66.6 Å². The van der Waals surface area contributed by atoms with Crippen molar-refractivity contribution in [3.8, 4) is 11.5 Å². The van der Waals surface area contributed by atoms with Crippen LogP contribution in [0, 0.1) is 11.5 Å². The smallest absolute Gasteiger partial charge is 0.129 e. The molecule has 0 aromatic heterocycles. The third-order valence-electron chi connectivity index (χ3n) is 3.46. The standard InChI is InChI=1S/C18H28BrClOSi/c1-5-17-15(19)11-8-9-12-16(20)18(21-17)13-7-6-10-14-22(2,3)4/h6-9,15-18H,5,11-13H2,1-4H3/b7-6-,9-8-/t15-,16-,17-,18-/m0/s1. The first-order valence-corrected chi connectivity index (χ1v) is 12.9. The van der Waals surface area contributed by atoms with Crippen LogP contribution in [0.2, 0.25) is 19.6 Å². The Morgan fingerprint density at radius 3 is 2.59 bits per heavy atom. The normalized spacial score (nSPS) is 31.7. The van der Waals surface area contributed by atoms with Gasteiger partial charge in [-0.05, 0) is 31.8 Å². The molecule has 0 amide bonds. The van der Waals surface area contributed by atoms with Crippen molar-refractivity contribution < 1.29 is 4.74 Å². The van der Waals surface area contributed by atoms with Gasteiger partial charge in [0.05, 0.1) is 17.6 Å². The number of ether oxygens (including phenoxy) is 1. The molecule has 0 aromatic carbocycles. The molecule has 1 aliphatic rings. The minimum absolute atomic E-state index is 0.0118. The number of allylic oxidation sites excluding steroid dienone is 3. The van der Waals surface area contributed by atoms with E-state index in [1.54, 1.807) is 0 Å². The van der Waals surface area contributed by atoms with Crippen LogP contribution in [0.15, 0.2) is 24.3 Å². The van der Waals surface area contributed by atoms with Crippen LogP contribution in [-0.4, -0.2) is 30.5 Å². The Hall–Kier alpha value is -0.0131. The van der Waals surface area contributed by atoms with E-state index in [-0.39, 0.29) is 17.6 Å². The molecule has 0 radical (unpaired) electrons. The van der Waals surface area contributed by atoms with Crippen LogP contribution in [0.25, 0.3) is 0 Å². The van der Waals surface area contributed by atoms with Crippen molar-refractivity contribution in [1.82, 2.24) is 0 Å². The van der Waals surface area contributed by atoms with E-state index in [0.717, 1.165) is 25.7 Å². The fourth-order valence-corrected chi connectivity index (χ4v) is 3.72. The highest BCUT2D eigenvalue weighted by Crippen LogP contribution is 2.26. The highest BCUT2D eigenvalue weighted by atomic mass is 79.9. The van der Waals surface area contributed by atoms with E-state index in [1.165, 1.54) is 0 Å². The van der Waals surface area contributed by atoms with E-state index in [1.807, 2.05) is 6.08 Å². The van der Waals surface area contributed by atoms with E-state index in [2.05, 4.69) is 72.2 Å². The van der Waals surface area contributed by atoms with Crippen molar-refractivity contribution in [2.75, 3.05) is 0 Å². The molecule has 0 saturated carbocycles. The Bertz CT molecular complexity index is 444. The zero-order valence-corrected chi connectivity index (χ0v) is 17.5. The summed E-state index contributed by atoms with van der Waals surface area (Å²) < 4.78 is 6.28. The molecule has 0 N–H and O–H groups in total. The van der Waals surface area contributed by atoms with Gasteiger partial charge in [-0.25, -0.2) is 0 Å². The van der Waals surface area contributed by atoms with Crippen molar-refractivity contribution in [3.63, 3.8) is 0 Å². The molecule has 1 heterocycles. The molecule has 0 saturated heterocycles. The van der Waals surface area contributed by atoms with E-state index in [9.17, 15) is 0 Å². The summed E-state index contributed by atoms with van der Waals surface area (Å²) >= 11 is 10.3. The van der Waals surface area contributed by atoms with Crippen molar-refractivity contribution >= 4 is 35.6 Å². The molecule has 0 aliphatic carbocycles. The average Bonchev–Trinajstić information content (AvgIpc) is 2.50. The lowest BCUT2D eigenvalue weighted by atomic mass is 10.1. The molecule has 1 aliphatic heterocycles. The number of hydrogen-bond donors (Lipinski definition) is 0. The summed E-state index contributed by atoms with van der Waals surface area (Å²) in [6, 6.07) is 0. The first-order chi connectivity index (χ1) is 10.3. The molecular formula is C18H28BrClOSi. The average molecular weight is 404 g/mol. The summed E-state index contributed by atoms with van der Waals surface area (Å²) in [6.45, 7) is 8.91. The third kappa shape index (κ3) is 8.01. The van der Waals surface area contributed by atoms with Crippen LogP contribution in [-0.2, 0) is 4.74 Å². The van der Waals surface area contributed by atoms with Gasteiger partial charge in [0.2, 0.25) is 0 Å². The van der Waals surface area contributed by atoms with Gasteiger partial charge in [0, 0.05) is 4.83 Å². The quantitative estimate of drug-likeness (QED) is 0.254. The first kappa shape index (κ1) is 20.0. The molecule has 4 heteroatoms. The van der Waals surface area contributed by atoms with E-state index < -0.39 is 8.07 Å². The highest BCUT2D eigenvalue weighted by Gasteiger charge is 2.26. The maximum Gasteiger partial charge on any atom is 0.129 e. The molecule has 0 bridgehead atoms. The Morgan fingerprint density at radius 1 is 1.27 bits per heavy atom. The second-order valence-corrected chi connectivity index (χ2v) is 13.2. The molecular weight excluding hydrogens is 376 g/mol. The van der Waals surface area contributed by atoms with Crippen molar-refractivity contribution in [2.45, 2.75) is 74.7 Å². The monoisotopic (exact) mass is 402 g/mol. The van der Waals surface area contributed by atoms with Crippen LogP contribution in [0.3, 0.4) is 0 Å². The largest absolute Gasteiger partial charge is 0.372 e. The minimum atomic E-state index is -1.29. The molecule has 0 unspecified atom stereocenters. The van der Waals surface area contributed by atoms with Crippen LogP contribution in [0.1, 0.15) is 32.6 Å². The summed E-state index contributed by atoms with van der Waals surface area (Å²) in [4.78, 5) is 0.355. The van der Waals surface area contributed by atoms with Crippen molar-refractivity contribution in [3.05, 3.63) is 24.3 Å². The summed E-state index contributed by atoms with van der Waals surface area (Å²) in [5, 5.41) is 0.0118. The van der Waals surface area contributed by atoms with Gasteiger partial charge in [-0.2, -0.15) is 0 Å². The number of rotatable bonds is 3. The highest BCUT2D eigenvalue weighted by molar-refractivity contribution is 9.09. The summed E-state index contributed by atoms with van der Waals surface area (Å²) in [6.07, 6.45) is 12.3. The van der Waals surface area contributed by atoms with Crippen LogP contribution >= 0.6 is 27.5 Å². The van der Waals surface area contributed by atoms with Gasteiger partial charge in [0.1, 0.15) is 8.07 Å². The molecule has 124 valence electrons. The zero-order chi connectivity index (χ0) is 16.6. The Balaban J connectivity index is 2.68. The van der Waals surface area contributed by atoms with E-state index in [0.29, 0.717) is 4.83 Å². The number of halogens is 2. The molecule has 0 aromatic rings. The van der Waals surface area contributed by atoms with E-state index in [4.69, 9.17) is 16.3 Å². The van der Waals surface area contributed by atoms with Gasteiger partial charge in [0.25, 0.3) is 0 Å². The third-order valence-corrected chi connectivity index (χ3v) is 5.78. The second-order valence-electron chi connectivity index (χ2n) is 6.75. The predicted molar refractivity (Wildman–Crippen MR) is 105 cm³/mol.